The Balaban J connectivity index is 1.95. The number of hydrogen-bond acceptors (Lipinski definition) is 6. The van der Waals surface area contributed by atoms with Crippen LogP contribution in [0.1, 0.15) is 26.9 Å². The molecule has 0 aromatic heterocycles. The molecule has 0 spiro atoms. The van der Waals surface area contributed by atoms with Gasteiger partial charge in [-0.05, 0) is 17.7 Å². The van der Waals surface area contributed by atoms with E-state index in [4.69, 9.17) is 14.6 Å². The van der Waals surface area contributed by atoms with Crippen molar-refractivity contribution >= 4 is 15.9 Å². The van der Waals surface area contributed by atoms with Crippen LogP contribution in [0.25, 0.3) is 0 Å². The summed E-state index contributed by atoms with van der Waals surface area (Å²) in [5, 5.41) is 0. The van der Waals surface area contributed by atoms with E-state index in [0.717, 1.165) is 12.1 Å². The summed E-state index contributed by atoms with van der Waals surface area (Å²) in [4.78, 5) is 12.7. The molecule has 3 rings (SSSR count). The molecular weight excluding hydrogens is 399 g/mol. The van der Waals surface area contributed by atoms with E-state index in [0.29, 0.717) is 12.1 Å². The van der Waals surface area contributed by atoms with Crippen molar-refractivity contribution in [2.75, 3.05) is 0 Å². The second kappa shape index (κ2) is 7.19. The number of rotatable bonds is 5. The third-order valence-corrected chi connectivity index (χ3v) is 4.38. The number of nitrogens with two attached hydrogens (primary N) is 1. The lowest BCUT2D eigenvalue weighted by Gasteiger charge is -2.13. The van der Waals surface area contributed by atoms with E-state index in [1.807, 2.05) is 0 Å². The smallest absolute Gasteiger partial charge is 0.416 e. The molecule has 6 nitrogen and oxygen atoms in total. The average Bonchev–Trinajstić information content (AvgIpc) is 2.92. The first-order valence-electron chi connectivity index (χ1n) is 9.11. The van der Waals surface area contributed by atoms with Crippen LogP contribution in [0.15, 0.2) is 66.2 Å². The van der Waals surface area contributed by atoms with E-state index in [1.54, 1.807) is 0 Å². The molecule has 1 aliphatic heterocycles. The average molecular weight is 416 g/mol. The van der Waals surface area contributed by atoms with Crippen molar-refractivity contribution in [2.24, 2.45) is 5.73 Å². The van der Waals surface area contributed by atoms with Crippen molar-refractivity contribution in [2.45, 2.75) is 18.0 Å². The Morgan fingerprint density at radius 3 is 2.50 bits per heavy atom. The standard InChI is InChI=1S/C18H14F3NO5S/c19-18(20,21)13-8-4-7-12(9-13)15-14(23)16(17(22)26-15)27-28(24,25)10-11-5-2-1-3-6-11/h1-9,15H,10,22H2/i10D2,15D. The van der Waals surface area contributed by atoms with Crippen molar-refractivity contribution in [3.05, 3.63) is 82.9 Å². The summed E-state index contributed by atoms with van der Waals surface area (Å²) in [6, 6.07) is 9.74. The molecule has 0 fully saturated rings. The van der Waals surface area contributed by atoms with Crippen LogP contribution in [0, 0.1) is 0 Å². The number of ether oxygens (including phenoxy) is 1. The minimum atomic E-state index is -5.19. The minimum Gasteiger partial charge on any atom is -0.460 e. The molecule has 10 heteroatoms. The van der Waals surface area contributed by atoms with Crippen LogP contribution >= 0.6 is 0 Å². The van der Waals surface area contributed by atoms with Crippen molar-refractivity contribution in [1.29, 1.82) is 0 Å². The number of Topliss-reactive ketones (excluding diaryl/α,β-unsaturated/α-hetero) is 1. The number of halogens is 3. The predicted molar refractivity (Wildman–Crippen MR) is 91.6 cm³/mol. The van der Waals surface area contributed by atoms with Gasteiger partial charge in [0.05, 0.1) is 9.68 Å². The predicted octanol–water partition coefficient (Wildman–Crippen LogP) is 3.02. The third kappa shape index (κ3) is 4.28. The largest absolute Gasteiger partial charge is 0.460 e. The molecule has 0 aliphatic carbocycles. The molecule has 2 N–H and O–H groups in total. The lowest BCUT2D eigenvalue weighted by Crippen LogP contribution is -2.16. The fourth-order valence-corrected chi connectivity index (χ4v) is 3.15. The van der Waals surface area contributed by atoms with Gasteiger partial charge in [-0.3, -0.25) is 4.79 Å². The van der Waals surface area contributed by atoms with E-state index in [9.17, 15) is 26.4 Å². The van der Waals surface area contributed by atoms with Crippen molar-refractivity contribution in [3.8, 4) is 0 Å². The second-order valence-corrected chi connectivity index (χ2v) is 6.82. The Morgan fingerprint density at radius 2 is 1.86 bits per heavy atom. The maximum Gasteiger partial charge on any atom is 0.416 e. The number of carbonyl (C=O) groups is 1. The zero-order chi connectivity index (χ0) is 23.2. The highest BCUT2D eigenvalue weighted by atomic mass is 32.2. The topological polar surface area (TPSA) is 95.7 Å². The summed E-state index contributed by atoms with van der Waals surface area (Å²) in [6.07, 6.45) is -7.63. The van der Waals surface area contributed by atoms with Gasteiger partial charge in [0.25, 0.3) is 0 Å². The summed E-state index contributed by atoms with van der Waals surface area (Å²) >= 11 is 0. The Hall–Kier alpha value is -3.01. The van der Waals surface area contributed by atoms with Crippen molar-refractivity contribution in [3.63, 3.8) is 0 Å². The molecule has 0 saturated carbocycles. The van der Waals surface area contributed by atoms with Crippen LogP contribution in [0.3, 0.4) is 0 Å². The van der Waals surface area contributed by atoms with Gasteiger partial charge in [-0.15, -0.1) is 0 Å². The Bertz CT molecular complexity index is 1170. The van der Waals surface area contributed by atoms with Gasteiger partial charge in [0.1, 0.15) is 5.70 Å². The molecule has 2 aromatic carbocycles. The number of alkyl halides is 3. The quantitative estimate of drug-likeness (QED) is 0.753. The molecule has 28 heavy (non-hydrogen) atoms. The zero-order valence-corrected chi connectivity index (χ0v) is 14.7. The SMILES string of the molecule is [2H]C1(c2cccc(C(F)(F)F)c2)OC(N)=C(OS(=O)(=O)C([2H])([2H])c2ccccc2)C1=O. The fraction of sp³-hybridized carbons (Fsp3) is 0.167. The molecule has 1 atom stereocenters. The van der Waals surface area contributed by atoms with Gasteiger partial charge >= 0.3 is 16.3 Å². The summed E-state index contributed by atoms with van der Waals surface area (Å²) < 4.78 is 97.4. The van der Waals surface area contributed by atoms with Gasteiger partial charge in [-0.2, -0.15) is 21.6 Å². The monoisotopic (exact) mass is 416 g/mol. The van der Waals surface area contributed by atoms with Crippen molar-refractivity contribution < 1.29 is 39.4 Å². The summed E-state index contributed by atoms with van der Waals surface area (Å²) in [6.45, 7) is 0. The molecule has 148 valence electrons. The Morgan fingerprint density at radius 1 is 1.18 bits per heavy atom. The van der Waals surface area contributed by atoms with Gasteiger partial charge in [0.2, 0.25) is 17.4 Å². The number of hydrogen-bond donors (Lipinski definition) is 1. The first-order chi connectivity index (χ1) is 14.2. The summed E-state index contributed by atoms with van der Waals surface area (Å²) in [5.41, 5.74) is 0.304. The highest BCUT2D eigenvalue weighted by molar-refractivity contribution is 7.86. The normalized spacial score (nSPS) is 22.2. The van der Waals surface area contributed by atoms with E-state index in [2.05, 4.69) is 4.18 Å². The van der Waals surface area contributed by atoms with Gasteiger partial charge in [-0.1, -0.05) is 42.5 Å². The van der Waals surface area contributed by atoms with Gasteiger partial charge in [-0.25, -0.2) is 0 Å². The number of ketones is 1. The molecule has 1 aliphatic rings. The maximum absolute atomic E-state index is 13.0. The maximum atomic E-state index is 13.0. The fourth-order valence-electron chi connectivity index (χ4n) is 2.30. The lowest BCUT2D eigenvalue weighted by molar-refractivity contribution is -0.137. The molecule has 1 heterocycles. The zero-order valence-electron chi connectivity index (χ0n) is 16.9. The molecule has 0 radical (unpaired) electrons. The number of carbonyl (C=O) groups excluding carboxylic acids is 1. The van der Waals surface area contributed by atoms with Crippen LogP contribution < -0.4 is 5.73 Å². The van der Waals surface area contributed by atoms with Crippen LogP contribution in [-0.2, 0) is 35.7 Å². The third-order valence-electron chi connectivity index (χ3n) is 3.51. The highest BCUT2D eigenvalue weighted by Crippen LogP contribution is 2.36. The molecule has 0 saturated heterocycles. The van der Waals surface area contributed by atoms with Gasteiger partial charge < -0.3 is 14.7 Å². The number of benzene rings is 2. The lowest BCUT2D eigenvalue weighted by atomic mass is 10.0. The first kappa shape index (κ1) is 16.0. The molecule has 0 amide bonds. The summed E-state index contributed by atoms with van der Waals surface area (Å²) in [7, 11) is -5.19. The molecule has 2 aromatic rings. The van der Waals surface area contributed by atoms with Crippen LogP contribution in [0.4, 0.5) is 13.2 Å². The molecule has 0 bridgehead atoms. The Kier molecular flexibility index (Phi) is 4.11. The van der Waals surface area contributed by atoms with Crippen LogP contribution in [-0.4, -0.2) is 14.2 Å². The molecular formula is C18H14F3NO5S. The second-order valence-electron chi connectivity index (χ2n) is 5.54. The van der Waals surface area contributed by atoms with Gasteiger partial charge in [0, 0.05) is 5.56 Å². The van der Waals surface area contributed by atoms with Gasteiger partial charge in [0.15, 0.2) is 6.08 Å². The minimum absolute atomic E-state index is 0.310. The highest BCUT2D eigenvalue weighted by Gasteiger charge is 2.40. The van der Waals surface area contributed by atoms with E-state index >= 15 is 0 Å². The van der Waals surface area contributed by atoms with E-state index in [-0.39, 0.29) is 5.56 Å². The van der Waals surface area contributed by atoms with E-state index < -0.39 is 56.6 Å². The van der Waals surface area contributed by atoms with Crippen molar-refractivity contribution in [1.82, 2.24) is 0 Å². The van der Waals surface area contributed by atoms with Crippen LogP contribution in [0.5, 0.6) is 0 Å². The summed E-state index contributed by atoms with van der Waals surface area (Å²) in [5.74, 6) is -3.69. The first-order valence-corrected chi connectivity index (χ1v) is 9.02. The molecule has 1 unspecified atom stereocenters. The van der Waals surface area contributed by atoms with E-state index in [1.165, 1.54) is 30.3 Å². The Labute approximate surface area is 162 Å². The van der Waals surface area contributed by atoms with Crippen LogP contribution in [0.2, 0.25) is 0 Å².